The van der Waals surface area contributed by atoms with Gasteiger partial charge in [0, 0.05) is 46.3 Å². The number of rotatable bonds is 7. The first-order valence-corrected chi connectivity index (χ1v) is 9.81. The Balaban J connectivity index is 1.51. The number of fused-ring (bicyclic) bond motifs is 2. The number of nitrogens with zero attached hydrogens (tertiary/aromatic N) is 2. The van der Waals surface area contributed by atoms with E-state index in [0.717, 1.165) is 27.4 Å². The monoisotopic (exact) mass is 412 g/mol. The molecule has 31 heavy (non-hydrogen) atoms. The summed E-state index contributed by atoms with van der Waals surface area (Å²) < 4.78 is 1.59. The summed E-state index contributed by atoms with van der Waals surface area (Å²) in [5, 5.41) is 23.4. The number of carboxylic acid groups (broad SMARTS) is 1. The summed E-state index contributed by atoms with van der Waals surface area (Å²) >= 11 is 0. The second-order valence-corrected chi connectivity index (χ2v) is 7.16. The highest BCUT2D eigenvalue weighted by atomic mass is 16.4. The molecular weight excluding hydrogens is 392 g/mol. The van der Waals surface area contributed by atoms with Crippen LogP contribution in [0.3, 0.4) is 0 Å². The highest BCUT2D eigenvalue weighted by Crippen LogP contribution is 2.24. The van der Waals surface area contributed by atoms with Gasteiger partial charge in [0.25, 0.3) is 5.91 Å². The number of amides is 1. The van der Waals surface area contributed by atoms with Crippen molar-refractivity contribution in [2.75, 3.05) is 6.54 Å². The van der Waals surface area contributed by atoms with Gasteiger partial charge in [-0.2, -0.15) is 5.26 Å². The molecule has 0 unspecified atom stereocenters. The predicted molar refractivity (Wildman–Crippen MR) is 118 cm³/mol. The van der Waals surface area contributed by atoms with Gasteiger partial charge in [0.1, 0.15) is 18.2 Å². The number of aliphatic carboxylic acids is 1. The summed E-state index contributed by atoms with van der Waals surface area (Å²) in [6.07, 6.45) is 5.71. The summed E-state index contributed by atoms with van der Waals surface area (Å²) in [6.45, 7) is 0.188. The van der Waals surface area contributed by atoms with Crippen molar-refractivity contribution < 1.29 is 14.7 Å². The third kappa shape index (κ3) is 4.19. The van der Waals surface area contributed by atoms with E-state index in [1.54, 1.807) is 10.8 Å². The molecule has 1 amide bonds. The van der Waals surface area contributed by atoms with Crippen molar-refractivity contribution in [3.63, 3.8) is 0 Å². The molecule has 0 bridgehead atoms. The molecule has 3 N–H and O–H groups in total. The number of carbonyl (C=O) groups excluding carboxylic acids is 1. The zero-order valence-electron chi connectivity index (χ0n) is 16.6. The van der Waals surface area contributed by atoms with Gasteiger partial charge in [0.05, 0.1) is 0 Å². The number of nitriles is 1. The largest absolute Gasteiger partial charge is 0.480 e. The van der Waals surface area contributed by atoms with E-state index < -0.39 is 11.9 Å². The molecule has 2 aromatic heterocycles. The van der Waals surface area contributed by atoms with Crippen molar-refractivity contribution in [3.8, 4) is 6.07 Å². The molecule has 0 spiro atoms. The first kappa shape index (κ1) is 20.0. The molecular formula is C24H20N4O3. The molecule has 0 saturated carbocycles. The molecule has 0 radical (unpaired) electrons. The summed E-state index contributed by atoms with van der Waals surface area (Å²) in [4.78, 5) is 26.9. The lowest BCUT2D eigenvalue weighted by Gasteiger charge is -2.04. The fourth-order valence-corrected chi connectivity index (χ4v) is 3.72. The second kappa shape index (κ2) is 8.59. The molecule has 0 atom stereocenters. The second-order valence-electron chi connectivity index (χ2n) is 7.16. The summed E-state index contributed by atoms with van der Waals surface area (Å²) in [7, 11) is 0. The van der Waals surface area contributed by atoms with E-state index in [1.807, 2.05) is 60.8 Å². The fourth-order valence-electron chi connectivity index (χ4n) is 3.72. The van der Waals surface area contributed by atoms with Crippen LogP contribution in [0.25, 0.3) is 27.9 Å². The van der Waals surface area contributed by atoms with Gasteiger partial charge >= 0.3 is 5.97 Å². The first-order chi connectivity index (χ1) is 15.1. The number of aromatic nitrogens is 2. The molecule has 0 aliphatic heterocycles. The third-order valence-corrected chi connectivity index (χ3v) is 5.14. The standard InChI is InChI=1S/C24H20N4O3/c25-12-17(11-18-14-28(15-23(29)30)22-8-4-2-6-20(18)22)24(31)26-10-9-16-13-27-21-7-3-1-5-19(16)21/h1-8,11,13-14,27H,9-10,15H2,(H,26,31)(H,29,30)/b17-11+. The molecule has 4 aromatic rings. The van der Waals surface area contributed by atoms with Crippen LogP contribution in [0.15, 0.2) is 66.5 Å². The van der Waals surface area contributed by atoms with E-state index in [1.165, 1.54) is 6.08 Å². The quantitative estimate of drug-likeness (QED) is 0.319. The Hall–Kier alpha value is -4.31. The zero-order valence-corrected chi connectivity index (χ0v) is 16.6. The molecule has 2 heterocycles. The Bertz CT molecular complexity index is 1350. The molecule has 4 rings (SSSR count). The molecule has 7 nitrogen and oxygen atoms in total. The number of hydrogen-bond donors (Lipinski definition) is 3. The molecule has 0 aliphatic carbocycles. The maximum Gasteiger partial charge on any atom is 0.323 e. The number of carboxylic acids is 1. The smallest absolute Gasteiger partial charge is 0.323 e. The third-order valence-electron chi connectivity index (χ3n) is 5.14. The number of hydrogen-bond acceptors (Lipinski definition) is 3. The van der Waals surface area contributed by atoms with Gasteiger partial charge in [-0.05, 0) is 30.2 Å². The summed E-state index contributed by atoms with van der Waals surface area (Å²) in [6, 6.07) is 17.2. The molecule has 0 aliphatic rings. The number of H-pyrrole nitrogens is 1. The van der Waals surface area contributed by atoms with Gasteiger partial charge in [0.2, 0.25) is 0 Å². The summed E-state index contributed by atoms with van der Waals surface area (Å²) in [5.74, 6) is -1.43. The van der Waals surface area contributed by atoms with Crippen molar-refractivity contribution in [1.29, 1.82) is 5.26 Å². The van der Waals surface area contributed by atoms with E-state index in [9.17, 15) is 14.9 Å². The van der Waals surface area contributed by atoms with Crippen LogP contribution in [0.1, 0.15) is 11.1 Å². The van der Waals surface area contributed by atoms with E-state index >= 15 is 0 Å². The minimum absolute atomic E-state index is 0.0304. The minimum Gasteiger partial charge on any atom is -0.480 e. The fraction of sp³-hybridized carbons (Fsp3) is 0.125. The predicted octanol–water partition coefficient (Wildman–Crippen LogP) is 3.47. The average Bonchev–Trinajstić information content (AvgIpc) is 3.33. The number of aromatic amines is 1. The molecule has 7 heteroatoms. The Kier molecular flexibility index (Phi) is 5.54. The molecule has 2 aromatic carbocycles. The van der Waals surface area contributed by atoms with Crippen LogP contribution in [0.5, 0.6) is 0 Å². The van der Waals surface area contributed by atoms with E-state index in [-0.39, 0.29) is 12.1 Å². The molecule has 0 saturated heterocycles. The van der Waals surface area contributed by atoms with Crippen molar-refractivity contribution in [2.45, 2.75) is 13.0 Å². The number of nitrogens with one attached hydrogen (secondary N) is 2. The molecule has 0 fully saturated rings. The van der Waals surface area contributed by atoms with E-state index in [4.69, 9.17) is 5.11 Å². The lowest BCUT2D eigenvalue weighted by atomic mass is 10.1. The lowest BCUT2D eigenvalue weighted by molar-refractivity contribution is -0.137. The van der Waals surface area contributed by atoms with Gasteiger partial charge in [-0.15, -0.1) is 0 Å². The number of benzene rings is 2. The minimum atomic E-state index is -0.966. The van der Waals surface area contributed by atoms with Gasteiger partial charge in [0.15, 0.2) is 0 Å². The van der Waals surface area contributed by atoms with Gasteiger partial charge in [-0.25, -0.2) is 0 Å². The Morgan fingerprint density at radius 2 is 1.87 bits per heavy atom. The van der Waals surface area contributed by atoms with Crippen LogP contribution in [0.2, 0.25) is 0 Å². The van der Waals surface area contributed by atoms with Gasteiger partial charge < -0.3 is 20.0 Å². The normalized spacial score (nSPS) is 11.5. The van der Waals surface area contributed by atoms with Crippen LogP contribution in [-0.4, -0.2) is 33.1 Å². The van der Waals surface area contributed by atoms with Crippen LogP contribution in [0.4, 0.5) is 0 Å². The van der Waals surface area contributed by atoms with Crippen molar-refractivity contribution in [3.05, 3.63) is 77.6 Å². The SMILES string of the molecule is N#C/C(=C\c1cn(CC(=O)O)c2ccccc12)C(=O)NCCc1c[nH]c2ccccc12. The maximum absolute atomic E-state index is 12.6. The highest BCUT2D eigenvalue weighted by molar-refractivity contribution is 6.04. The lowest BCUT2D eigenvalue weighted by Crippen LogP contribution is -2.26. The van der Waals surface area contributed by atoms with E-state index in [0.29, 0.717) is 18.5 Å². The Morgan fingerprint density at radius 3 is 2.65 bits per heavy atom. The van der Waals surface area contributed by atoms with Crippen molar-refractivity contribution >= 4 is 39.8 Å². The van der Waals surface area contributed by atoms with Gasteiger partial charge in [-0.3, -0.25) is 9.59 Å². The summed E-state index contributed by atoms with van der Waals surface area (Å²) in [5.41, 5.74) is 3.46. The molecule has 154 valence electrons. The van der Waals surface area contributed by atoms with E-state index in [2.05, 4.69) is 10.3 Å². The Morgan fingerprint density at radius 1 is 1.13 bits per heavy atom. The van der Waals surface area contributed by atoms with Crippen LogP contribution in [-0.2, 0) is 22.6 Å². The average molecular weight is 412 g/mol. The number of carbonyl (C=O) groups is 2. The van der Waals surface area contributed by atoms with Crippen molar-refractivity contribution in [2.24, 2.45) is 0 Å². The van der Waals surface area contributed by atoms with Gasteiger partial charge in [-0.1, -0.05) is 36.4 Å². The van der Waals surface area contributed by atoms with Crippen LogP contribution < -0.4 is 5.32 Å². The Labute approximate surface area is 178 Å². The maximum atomic E-state index is 12.6. The first-order valence-electron chi connectivity index (χ1n) is 9.81. The van der Waals surface area contributed by atoms with Crippen LogP contribution >= 0.6 is 0 Å². The highest BCUT2D eigenvalue weighted by Gasteiger charge is 2.13. The topological polar surface area (TPSA) is 111 Å². The number of para-hydroxylation sites is 2. The zero-order chi connectivity index (χ0) is 21.8. The van der Waals surface area contributed by atoms with Crippen LogP contribution in [0, 0.1) is 11.3 Å². The van der Waals surface area contributed by atoms with Crippen molar-refractivity contribution in [1.82, 2.24) is 14.9 Å².